The Hall–Kier alpha value is -1.85. The van der Waals surface area contributed by atoms with Gasteiger partial charge >= 0.3 is 5.97 Å². The second-order valence-electron chi connectivity index (χ2n) is 5.91. The van der Waals surface area contributed by atoms with Gasteiger partial charge in [0, 0.05) is 31.9 Å². The van der Waals surface area contributed by atoms with Crippen molar-refractivity contribution in [2.45, 2.75) is 40.3 Å². The monoisotopic (exact) mass is 279 g/mol. The van der Waals surface area contributed by atoms with Gasteiger partial charge in [-0.2, -0.15) is 0 Å². The Morgan fingerprint density at radius 1 is 1.45 bits per heavy atom. The number of aromatic nitrogens is 2. The van der Waals surface area contributed by atoms with Gasteiger partial charge < -0.3 is 14.6 Å². The normalized spacial score (nSPS) is 17.7. The number of carbonyl (C=O) groups excluding carboxylic acids is 1. The lowest BCUT2D eigenvalue weighted by Gasteiger charge is -2.33. The summed E-state index contributed by atoms with van der Waals surface area (Å²) in [5.74, 6) is -0.279. The fourth-order valence-electron chi connectivity index (χ4n) is 2.34. The Labute approximate surface area is 118 Å². The molecule has 0 fully saturated rings. The summed E-state index contributed by atoms with van der Waals surface area (Å²) in [6, 6.07) is 0. The number of carboxylic acid groups (broad SMARTS) is 1. The van der Waals surface area contributed by atoms with E-state index in [0.717, 1.165) is 5.82 Å². The maximum Gasteiger partial charge on any atom is 0.310 e. The van der Waals surface area contributed by atoms with Gasteiger partial charge in [0.2, 0.25) is 5.91 Å². The number of carboxylic acids is 1. The van der Waals surface area contributed by atoms with E-state index >= 15 is 0 Å². The molecular weight excluding hydrogens is 258 g/mol. The number of hydrogen-bond acceptors (Lipinski definition) is 3. The summed E-state index contributed by atoms with van der Waals surface area (Å²) in [7, 11) is 0. The first-order valence-corrected chi connectivity index (χ1v) is 6.86. The minimum atomic E-state index is -1.02. The number of hydrogen-bond donors (Lipinski definition) is 1. The van der Waals surface area contributed by atoms with Gasteiger partial charge in [0.25, 0.3) is 0 Å². The number of rotatable bonds is 4. The summed E-state index contributed by atoms with van der Waals surface area (Å²) < 4.78 is 2.02. The van der Waals surface area contributed by atoms with Gasteiger partial charge in [0.05, 0.1) is 12.0 Å². The van der Waals surface area contributed by atoms with Gasteiger partial charge in [0.15, 0.2) is 0 Å². The summed E-state index contributed by atoms with van der Waals surface area (Å²) in [5.41, 5.74) is -1.02. The first kappa shape index (κ1) is 14.6. The smallest absolute Gasteiger partial charge is 0.310 e. The highest BCUT2D eigenvalue weighted by atomic mass is 16.4. The minimum Gasteiger partial charge on any atom is -0.481 e. The van der Waals surface area contributed by atoms with Crippen LogP contribution in [0.2, 0.25) is 0 Å². The first-order valence-electron chi connectivity index (χ1n) is 6.86. The SMILES string of the molecule is CC(C)C(C)(CC(=O)N1CCn2ccnc2C1)C(=O)O. The number of carbonyl (C=O) groups is 2. The van der Waals surface area contributed by atoms with Crippen LogP contribution in [0.4, 0.5) is 0 Å². The van der Waals surface area contributed by atoms with E-state index in [1.165, 1.54) is 0 Å². The van der Waals surface area contributed by atoms with Crippen molar-refractivity contribution < 1.29 is 14.7 Å². The zero-order valence-electron chi connectivity index (χ0n) is 12.2. The van der Waals surface area contributed by atoms with Crippen LogP contribution in [0.25, 0.3) is 0 Å². The van der Waals surface area contributed by atoms with Gasteiger partial charge in [-0.15, -0.1) is 0 Å². The highest BCUT2D eigenvalue weighted by Crippen LogP contribution is 2.32. The van der Waals surface area contributed by atoms with E-state index in [9.17, 15) is 14.7 Å². The second kappa shape index (κ2) is 5.26. The lowest BCUT2D eigenvalue weighted by Crippen LogP contribution is -2.43. The Kier molecular flexibility index (Phi) is 3.83. The van der Waals surface area contributed by atoms with Gasteiger partial charge in [-0.25, -0.2) is 4.98 Å². The van der Waals surface area contributed by atoms with Crippen LogP contribution in [0.1, 0.15) is 33.0 Å². The van der Waals surface area contributed by atoms with Gasteiger partial charge in [0.1, 0.15) is 5.82 Å². The first-order chi connectivity index (χ1) is 9.34. The van der Waals surface area contributed by atoms with E-state index < -0.39 is 11.4 Å². The molecule has 0 aliphatic carbocycles. The topological polar surface area (TPSA) is 75.4 Å². The maximum absolute atomic E-state index is 12.4. The van der Waals surface area contributed by atoms with E-state index in [2.05, 4.69) is 4.98 Å². The van der Waals surface area contributed by atoms with Crippen LogP contribution in [-0.4, -0.2) is 38.0 Å². The van der Waals surface area contributed by atoms with Crippen molar-refractivity contribution in [1.29, 1.82) is 0 Å². The van der Waals surface area contributed by atoms with Crippen molar-refractivity contribution in [3.63, 3.8) is 0 Å². The van der Waals surface area contributed by atoms with Crippen LogP contribution < -0.4 is 0 Å². The van der Waals surface area contributed by atoms with E-state index in [-0.39, 0.29) is 18.2 Å². The van der Waals surface area contributed by atoms with Crippen molar-refractivity contribution in [3.05, 3.63) is 18.2 Å². The second-order valence-corrected chi connectivity index (χ2v) is 5.91. The Morgan fingerprint density at radius 3 is 2.75 bits per heavy atom. The number of nitrogens with zero attached hydrogens (tertiary/aromatic N) is 3. The Morgan fingerprint density at radius 2 is 2.15 bits per heavy atom. The maximum atomic E-state index is 12.4. The molecule has 1 N–H and O–H groups in total. The molecule has 0 saturated carbocycles. The zero-order chi connectivity index (χ0) is 14.9. The summed E-state index contributed by atoms with van der Waals surface area (Å²) in [6.07, 6.45) is 3.64. The number of aliphatic carboxylic acids is 1. The molecule has 1 aromatic rings. The fourth-order valence-corrected chi connectivity index (χ4v) is 2.34. The molecule has 0 aromatic carbocycles. The van der Waals surface area contributed by atoms with Gasteiger partial charge in [-0.3, -0.25) is 9.59 Å². The third-order valence-electron chi connectivity index (χ3n) is 4.38. The van der Waals surface area contributed by atoms with Crippen LogP contribution in [0, 0.1) is 11.3 Å². The van der Waals surface area contributed by atoms with Crippen molar-refractivity contribution in [2.75, 3.05) is 6.54 Å². The molecular formula is C14H21N3O3. The summed E-state index contributed by atoms with van der Waals surface area (Å²) in [5, 5.41) is 9.39. The van der Waals surface area contributed by atoms with Crippen LogP contribution in [0.3, 0.4) is 0 Å². The van der Waals surface area contributed by atoms with Crippen molar-refractivity contribution in [2.24, 2.45) is 11.3 Å². The Balaban J connectivity index is 2.08. The third-order valence-corrected chi connectivity index (χ3v) is 4.38. The molecule has 1 aliphatic heterocycles. The highest BCUT2D eigenvalue weighted by Gasteiger charge is 2.40. The molecule has 1 amide bonds. The van der Waals surface area contributed by atoms with Crippen LogP contribution in [0.5, 0.6) is 0 Å². The van der Waals surface area contributed by atoms with Crippen molar-refractivity contribution in [3.8, 4) is 0 Å². The molecule has 0 radical (unpaired) electrons. The molecule has 1 aliphatic rings. The van der Waals surface area contributed by atoms with Crippen molar-refractivity contribution in [1.82, 2.24) is 14.5 Å². The summed E-state index contributed by atoms with van der Waals surface area (Å²) in [6.45, 7) is 7.10. The van der Waals surface area contributed by atoms with E-state index in [1.54, 1.807) is 18.0 Å². The number of fused-ring (bicyclic) bond motifs is 1. The summed E-state index contributed by atoms with van der Waals surface area (Å²) >= 11 is 0. The minimum absolute atomic E-state index is 0.0285. The third kappa shape index (κ3) is 2.55. The van der Waals surface area contributed by atoms with Crippen LogP contribution in [-0.2, 0) is 22.7 Å². The van der Waals surface area contributed by atoms with E-state index in [0.29, 0.717) is 19.6 Å². The van der Waals surface area contributed by atoms with E-state index in [1.807, 2.05) is 24.6 Å². The molecule has 2 heterocycles. The quantitative estimate of drug-likeness (QED) is 0.903. The number of imidazole rings is 1. The molecule has 110 valence electrons. The summed E-state index contributed by atoms with van der Waals surface area (Å²) in [4.78, 5) is 29.7. The predicted octanol–water partition coefficient (Wildman–Crippen LogP) is 1.36. The molecule has 1 atom stereocenters. The van der Waals surface area contributed by atoms with Crippen LogP contribution in [0.15, 0.2) is 12.4 Å². The van der Waals surface area contributed by atoms with Crippen molar-refractivity contribution >= 4 is 11.9 Å². The highest BCUT2D eigenvalue weighted by molar-refractivity contribution is 5.85. The van der Waals surface area contributed by atoms with Crippen LogP contribution >= 0.6 is 0 Å². The van der Waals surface area contributed by atoms with E-state index in [4.69, 9.17) is 0 Å². The predicted molar refractivity (Wildman–Crippen MR) is 72.8 cm³/mol. The average Bonchev–Trinajstić information content (AvgIpc) is 2.84. The largest absolute Gasteiger partial charge is 0.481 e. The molecule has 1 unspecified atom stereocenters. The molecule has 20 heavy (non-hydrogen) atoms. The average molecular weight is 279 g/mol. The fraction of sp³-hybridized carbons (Fsp3) is 0.643. The zero-order valence-corrected chi connectivity index (χ0v) is 12.2. The van der Waals surface area contributed by atoms with Gasteiger partial charge in [-0.1, -0.05) is 13.8 Å². The molecule has 0 saturated heterocycles. The molecule has 6 nitrogen and oxygen atoms in total. The standard InChI is InChI=1S/C14H21N3O3/c1-10(2)14(3,13(19)20)8-12(18)17-7-6-16-5-4-15-11(16)9-17/h4-5,10H,6-9H2,1-3H3,(H,19,20). The molecule has 2 rings (SSSR count). The molecule has 0 bridgehead atoms. The molecule has 1 aromatic heterocycles. The lowest BCUT2D eigenvalue weighted by molar-refractivity contribution is -0.155. The lowest BCUT2D eigenvalue weighted by atomic mass is 9.76. The molecule has 6 heteroatoms. The number of amides is 1. The van der Waals surface area contributed by atoms with Gasteiger partial charge in [-0.05, 0) is 12.8 Å². The Bertz CT molecular complexity index is 523. The molecule has 0 spiro atoms.